The molecule has 1 aromatic carbocycles. The van der Waals surface area contributed by atoms with Gasteiger partial charge < -0.3 is 5.32 Å². The lowest BCUT2D eigenvalue weighted by atomic mass is 10.0. The third-order valence-corrected chi connectivity index (χ3v) is 2.75. The lowest BCUT2D eigenvalue weighted by Crippen LogP contribution is -2.29. The predicted molar refractivity (Wildman–Crippen MR) is 66.1 cm³/mol. The summed E-state index contributed by atoms with van der Waals surface area (Å²) >= 11 is 5.83. The van der Waals surface area contributed by atoms with Crippen LogP contribution in [0.2, 0.25) is 5.02 Å². The van der Waals surface area contributed by atoms with Gasteiger partial charge in [-0.1, -0.05) is 18.5 Å². The maximum absolute atomic E-state index is 10.8. The van der Waals surface area contributed by atoms with Crippen LogP contribution in [-0.2, 0) is 0 Å². The van der Waals surface area contributed by atoms with Gasteiger partial charge in [-0.05, 0) is 32.4 Å². The molecule has 0 atom stereocenters. The number of nitro groups is 1. The highest BCUT2D eigenvalue weighted by Crippen LogP contribution is 2.30. The number of nitrogens with one attached hydrogen (secondary N) is 1. The second-order valence-corrected chi connectivity index (χ2v) is 4.72. The molecular weight excluding hydrogens is 228 g/mol. The molecule has 0 amide bonds. The Hall–Kier alpha value is -1.29. The van der Waals surface area contributed by atoms with Crippen LogP contribution < -0.4 is 5.32 Å². The van der Waals surface area contributed by atoms with Crippen LogP contribution in [0.3, 0.4) is 0 Å². The van der Waals surface area contributed by atoms with E-state index in [0.717, 1.165) is 6.42 Å². The summed E-state index contributed by atoms with van der Waals surface area (Å²) < 4.78 is 0. The molecule has 0 aliphatic heterocycles. The van der Waals surface area contributed by atoms with Gasteiger partial charge in [0.2, 0.25) is 0 Å². The van der Waals surface area contributed by atoms with Gasteiger partial charge in [-0.3, -0.25) is 10.1 Å². The van der Waals surface area contributed by atoms with Crippen LogP contribution in [0.1, 0.15) is 27.2 Å². The molecule has 0 aliphatic rings. The average molecular weight is 243 g/mol. The van der Waals surface area contributed by atoms with Gasteiger partial charge >= 0.3 is 0 Å². The lowest BCUT2D eigenvalue weighted by molar-refractivity contribution is -0.384. The molecule has 0 radical (unpaired) electrons. The van der Waals surface area contributed by atoms with E-state index in [9.17, 15) is 10.1 Å². The smallest absolute Gasteiger partial charge is 0.292 e. The van der Waals surface area contributed by atoms with Crippen LogP contribution in [0.25, 0.3) is 0 Å². The minimum absolute atomic E-state index is 0.0472. The first kappa shape index (κ1) is 12.8. The van der Waals surface area contributed by atoms with Gasteiger partial charge in [0.05, 0.1) is 4.92 Å². The molecular formula is C11H15ClN2O2. The van der Waals surface area contributed by atoms with Crippen molar-refractivity contribution in [2.24, 2.45) is 0 Å². The second-order valence-electron chi connectivity index (χ2n) is 4.28. The molecule has 0 bridgehead atoms. The lowest BCUT2D eigenvalue weighted by Gasteiger charge is -2.25. The Bertz CT molecular complexity index is 405. The molecule has 5 heteroatoms. The zero-order valence-electron chi connectivity index (χ0n) is 9.58. The molecule has 0 fully saturated rings. The van der Waals surface area contributed by atoms with E-state index in [2.05, 4.69) is 5.32 Å². The van der Waals surface area contributed by atoms with E-state index in [1.807, 2.05) is 20.8 Å². The number of anilines is 1. The van der Waals surface area contributed by atoms with Crippen molar-refractivity contribution in [1.29, 1.82) is 0 Å². The normalized spacial score (nSPS) is 11.2. The summed E-state index contributed by atoms with van der Waals surface area (Å²) in [5.74, 6) is 0. The highest BCUT2D eigenvalue weighted by molar-refractivity contribution is 6.31. The molecule has 0 heterocycles. The molecule has 16 heavy (non-hydrogen) atoms. The van der Waals surface area contributed by atoms with Crippen LogP contribution in [0.15, 0.2) is 18.2 Å². The van der Waals surface area contributed by atoms with Crippen molar-refractivity contribution in [2.75, 3.05) is 5.32 Å². The maximum Gasteiger partial charge on any atom is 0.292 e. The third kappa shape index (κ3) is 3.10. The van der Waals surface area contributed by atoms with Gasteiger partial charge in [0.25, 0.3) is 5.69 Å². The Morgan fingerprint density at radius 2 is 2.12 bits per heavy atom. The largest absolute Gasteiger partial charge is 0.375 e. The van der Waals surface area contributed by atoms with Crippen LogP contribution >= 0.6 is 11.6 Å². The van der Waals surface area contributed by atoms with Gasteiger partial charge in [-0.15, -0.1) is 0 Å². The van der Waals surface area contributed by atoms with E-state index in [4.69, 9.17) is 11.6 Å². The van der Waals surface area contributed by atoms with Gasteiger partial charge in [0.1, 0.15) is 5.69 Å². The summed E-state index contributed by atoms with van der Waals surface area (Å²) in [7, 11) is 0. The van der Waals surface area contributed by atoms with Gasteiger partial charge in [0.15, 0.2) is 0 Å². The van der Waals surface area contributed by atoms with E-state index in [1.54, 1.807) is 6.07 Å². The van der Waals surface area contributed by atoms with E-state index < -0.39 is 4.92 Å². The number of hydrogen-bond acceptors (Lipinski definition) is 3. The summed E-state index contributed by atoms with van der Waals surface area (Å²) in [6.45, 7) is 5.98. The molecule has 0 saturated carbocycles. The molecule has 0 unspecified atom stereocenters. The monoisotopic (exact) mass is 242 g/mol. The minimum atomic E-state index is -0.412. The molecule has 0 aromatic heterocycles. The fourth-order valence-electron chi connectivity index (χ4n) is 1.22. The summed E-state index contributed by atoms with van der Waals surface area (Å²) in [5.41, 5.74) is 0.311. The van der Waals surface area contributed by atoms with Gasteiger partial charge in [-0.2, -0.15) is 0 Å². The van der Waals surface area contributed by atoms with E-state index in [-0.39, 0.29) is 11.2 Å². The Kier molecular flexibility index (Phi) is 3.75. The Morgan fingerprint density at radius 1 is 1.50 bits per heavy atom. The van der Waals surface area contributed by atoms with Gasteiger partial charge in [0, 0.05) is 16.6 Å². The van der Waals surface area contributed by atoms with Gasteiger partial charge in [-0.25, -0.2) is 0 Å². The highest BCUT2D eigenvalue weighted by Gasteiger charge is 2.20. The zero-order chi connectivity index (χ0) is 12.3. The molecule has 0 spiro atoms. The van der Waals surface area contributed by atoms with E-state index in [0.29, 0.717) is 10.7 Å². The van der Waals surface area contributed by atoms with Crippen molar-refractivity contribution >= 4 is 23.0 Å². The standard InChI is InChI=1S/C11H15ClN2O2/c1-4-11(2,3)13-9-7-8(12)5-6-10(9)14(15)16/h5-7,13H,4H2,1-3H3. The summed E-state index contributed by atoms with van der Waals surface area (Å²) in [4.78, 5) is 10.4. The molecule has 0 saturated heterocycles. The number of nitrogens with zero attached hydrogens (tertiary/aromatic N) is 1. The quantitative estimate of drug-likeness (QED) is 0.645. The fourth-order valence-corrected chi connectivity index (χ4v) is 1.39. The predicted octanol–water partition coefficient (Wildman–Crippen LogP) is 3.85. The summed E-state index contributed by atoms with van der Waals surface area (Å²) in [6.07, 6.45) is 0.858. The Morgan fingerprint density at radius 3 is 2.62 bits per heavy atom. The average Bonchev–Trinajstić information content (AvgIpc) is 2.16. The first-order chi connectivity index (χ1) is 7.35. The Labute approximate surface area is 99.8 Å². The van der Waals surface area contributed by atoms with Crippen molar-refractivity contribution in [1.82, 2.24) is 0 Å². The third-order valence-electron chi connectivity index (χ3n) is 2.51. The second kappa shape index (κ2) is 4.70. The van der Waals surface area contributed by atoms with Crippen LogP contribution in [-0.4, -0.2) is 10.5 Å². The number of hydrogen-bond donors (Lipinski definition) is 1. The van der Waals surface area contributed by atoms with Crippen LogP contribution in [0.5, 0.6) is 0 Å². The fraction of sp³-hybridized carbons (Fsp3) is 0.455. The zero-order valence-corrected chi connectivity index (χ0v) is 10.3. The van der Waals surface area contributed by atoms with Crippen LogP contribution in [0.4, 0.5) is 11.4 Å². The SMILES string of the molecule is CCC(C)(C)Nc1cc(Cl)ccc1[N+](=O)[O-]. The molecule has 88 valence electrons. The molecule has 0 aliphatic carbocycles. The van der Waals surface area contributed by atoms with Crippen molar-refractivity contribution in [2.45, 2.75) is 32.7 Å². The number of benzene rings is 1. The van der Waals surface area contributed by atoms with E-state index >= 15 is 0 Å². The topological polar surface area (TPSA) is 55.2 Å². The number of nitro benzene ring substituents is 1. The first-order valence-electron chi connectivity index (χ1n) is 5.08. The minimum Gasteiger partial charge on any atom is -0.375 e. The van der Waals surface area contributed by atoms with Crippen LogP contribution in [0, 0.1) is 10.1 Å². The number of halogens is 1. The van der Waals surface area contributed by atoms with Crippen molar-refractivity contribution in [3.8, 4) is 0 Å². The van der Waals surface area contributed by atoms with E-state index in [1.165, 1.54) is 12.1 Å². The summed E-state index contributed by atoms with van der Waals surface area (Å²) in [6, 6.07) is 4.51. The summed E-state index contributed by atoms with van der Waals surface area (Å²) in [5, 5.41) is 14.4. The molecule has 1 N–H and O–H groups in total. The first-order valence-corrected chi connectivity index (χ1v) is 5.45. The van der Waals surface area contributed by atoms with Crippen molar-refractivity contribution < 1.29 is 4.92 Å². The molecule has 4 nitrogen and oxygen atoms in total. The molecule has 1 aromatic rings. The van der Waals surface area contributed by atoms with Crippen molar-refractivity contribution in [3.05, 3.63) is 33.3 Å². The maximum atomic E-state index is 10.8. The highest BCUT2D eigenvalue weighted by atomic mass is 35.5. The van der Waals surface area contributed by atoms with Crippen molar-refractivity contribution in [3.63, 3.8) is 0 Å². The molecule has 1 rings (SSSR count). The number of rotatable bonds is 4. The Balaban J connectivity index is 3.10.